The van der Waals surface area contributed by atoms with Crippen LogP contribution in [0, 0.1) is 5.92 Å². The Labute approximate surface area is 114 Å². The smallest absolute Gasteiger partial charge is 0.107 e. The van der Waals surface area contributed by atoms with E-state index in [2.05, 4.69) is 20.6 Å². The average molecular weight is 276 g/mol. The fraction of sp³-hybridized carbons (Fsp3) is 0.750. The van der Waals surface area contributed by atoms with Crippen LogP contribution in [0.3, 0.4) is 0 Å². The molecule has 0 unspecified atom stereocenters. The number of nitrogens with zero attached hydrogens (tertiary/aromatic N) is 2. The van der Waals surface area contributed by atoms with Crippen LogP contribution in [0.5, 0.6) is 0 Å². The van der Waals surface area contributed by atoms with E-state index in [0.717, 1.165) is 19.0 Å². The van der Waals surface area contributed by atoms with Gasteiger partial charge in [0.15, 0.2) is 0 Å². The van der Waals surface area contributed by atoms with Crippen molar-refractivity contribution < 1.29 is 0 Å². The highest BCUT2D eigenvalue weighted by Gasteiger charge is 2.19. The van der Waals surface area contributed by atoms with Gasteiger partial charge in [-0.05, 0) is 51.9 Å². The summed E-state index contributed by atoms with van der Waals surface area (Å²) in [6.45, 7) is 4.70. The first-order valence-electron chi connectivity index (χ1n) is 6.14. The third-order valence-corrected chi connectivity index (χ3v) is 4.12. The van der Waals surface area contributed by atoms with Gasteiger partial charge in [0.25, 0.3) is 0 Å². The molecule has 0 aliphatic carbocycles. The molecule has 98 valence electrons. The summed E-state index contributed by atoms with van der Waals surface area (Å²) in [5.41, 5.74) is 0. The van der Waals surface area contributed by atoms with Gasteiger partial charge in [0.1, 0.15) is 5.01 Å². The molecule has 1 fully saturated rings. The van der Waals surface area contributed by atoms with Crippen LogP contribution in [0.15, 0.2) is 11.6 Å². The summed E-state index contributed by atoms with van der Waals surface area (Å²) in [7, 11) is 2.04. The molecule has 1 aliphatic heterocycles. The molecule has 1 saturated heterocycles. The van der Waals surface area contributed by atoms with E-state index >= 15 is 0 Å². The number of hydrogen-bond donors (Lipinski definition) is 1. The highest BCUT2D eigenvalue weighted by atomic mass is 35.5. The number of hydrogen-bond acceptors (Lipinski definition) is 4. The Balaban J connectivity index is 0.00000144. The van der Waals surface area contributed by atoms with Gasteiger partial charge < -0.3 is 5.32 Å². The van der Waals surface area contributed by atoms with Crippen molar-refractivity contribution in [3.63, 3.8) is 0 Å². The van der Waals surface area contributed by atoms with E-state index in [1.54, 1.807) is 11.3 Å². The molecule has 0 bridgehead atoms. The van der Waals surface area contributed by atoms with Crippen LogP contribution < -0.4 is 5.32 Å². The molecular weight excluding hydrogens is 254 g/mol. The molecular formula is C12H22ClN3S. The Kier molecular flexibility index (Phi) is 7.04. The number of likely N-dealkylation sites (tertiary alicyclic amines) is 1. The van der Waals surface area contributed by atoms with Crippen molar-refractivity contribution in [1.29, 1.82) is 0 Å². The molecule has 0 atom stereocenters. The summed E-state index contributed by atoms with van der Waals surface area (Å²) in [5, 5.41) is 6.56. The van der Waals surface area contributed by atoms with Gasteiger partial charge in [-0.1, -0.05) is 0 Å². The molecule has 0 amide bonds. The third-order valence-electron chi connectivity index (χ3n) is 3.35. The predicted octanol–water partition coefficient (Wildman–Crippen LogP) is 2.39. The van der Waals surface area contributed by atoms with Crippen molar-refractivity contribution in [3.05, 3.63) is 16.6 Å². The van der Waals surface area contributed by atoms with Gasteiger partial charge in [0, 0.05) is 11.6 Å². The maximum atomic E-state index is 4.35. The van der Waals surface area contributed by atoms with Gasteiger partial charge in [-0.25, -0.2) is 4.98 Å². The minimum Gasteiger partial charge on any atom is -0.320 e. The molecule has 0 spiro atoms. The van der Waals surface area contributed by atoms with Crippen molar-refractivity contribution in [2.75, 3.05) is 26.7 Å². The van der Waals surface area contributed by atoms with E-state index in [1.807, 2.05) is 13.2 Å². The Hall–Kier alpha value is -0.160. The minimum atomic E-state index is 0. The molecule has 1 aromatic rings. The Morgan fingerprint density at radius 2 is 2.24 bits per heavy atom. The first-order chi connectivity index (χ1) is 7.88. The molecule has 1 N–H and O–H groups in total. The third kappa shape index (κ3) is 4.92. The monoisotopic (exact) mass is 275 g/mol. The van der Waals surface area contributed by atoms with Crippen molar-refractivity contribution in [3.8, 4) is 0 Å². The zero-order chi connectivity index (χ0) is 11.2. The van der Waals surface area contributed by atoms with Gasteiger partial charge in [-0.2, -0.15) is 0 Å². The summed E-state index contributed by atoms with van der Waals surface area (Å²) >= 11 is 1.77. The van der Waals surface area contributed by atoms with Crippen LogP contribution in [-0.4, -0.2) is 36.6 Å². The zero-order valence-electron chi connectivity index (χ0n) is 10.4. The summed E-state index contributed by atoms with van der Waals surface area (Å²) in [6, 6.07) is 0. The van der Waals surface area contributed by atoms with Gasteiger partial charge in [-0.3, -0.25) is 4.90 Å². The van der Waals surface area contributed by atoms with E-state index in [-0.39, 0.29) is 12.4 Å². The molecule has 2 heterocycles. The number of thiazole rings is 1. The molecule has 1 aliphatic rings. The Morgan fingerprint density at radius 1 is 1.47 bits per heavy atom. The second kappa shape index (κ2) is 8.03. The van der Waals surface area contributed by atoms with Crippen molar-refractivity contribution in [1.82, 2.24) is 15.2 Å². The van der Waals surface area contributed by atoms with E-state index in [0.29, 0.717) is 0 Å². The highest BCUT2D eigenvalue weighted by molar-refractivity contribution is 7.09. The van der Waals surface area contributed by atoms with E-state index in [1.165, 1.54) is 37.4 Å². The first kappa shape index (κ1) is 14.9. The SMILES string of the molecule is CNCCC1CCN(Cc2nccs2)CC1.Cl. The molecule has 2 rings (SSSR count). The molecule has 3 nitrogen and oxygen atoms in total. The van der Waals surface area contributed by atoms with Crippen LogP contribution in [0.25, 0.3) is 0 Å². The average Bonchev–Trinajstić information content (AvgIpc) is 2.81. The summed E-state index contributed by atoms with van der Waals surface area (Å²) in [5.74, 6) is 0.931. The van der Waals surface area contributed by atoms with Crippen LogP contribution in [-0.2, 0) is 6.54 Å². The highest BCUT2D eigenvalue weighted by Crippen LogP contribution is 2.21. The second-order valence-corrected chi connectivity index (χ2v) is 5.52. The van der Waals surface area contributed by atoms with Crippen LogP contribution >= 0.6 is 23.7 Å². The normalized spacial score (nSPS) is 17.9. The maximum absolute atomic E-state index is 4.35. The first-order valence-corrected chi connectivity index (χ1v) is 7.02. The van der Waals surface area contributed by atoms with Crippen LogP contribution in [0.2, 0.25) is 0 Å². The van der Waals surface area contributed by atoms with Crippen molar-refractivity contribution in [2.24, 2.45) is 5.92 Å². The maximum Gasteiger partial charge on any atom is 0.107 e. The number of aromatic nitrogens is 1. The van der Waals surface area contributed by atoms with Gasteiger partial charge in [0.05, 0.1) is 6.54 Å². The number of nitrogens with one attached hydrogen (secondary N) is 1. The predicted molar refractivity (Wildman–Crippen MR) is 75.9 cm³/mol. The molecule has 5 heteroatoms. The van der Waals surface area contributed by atoms with E-state index < -0.39 is 0 Å². The largest absolute Gasteiger partial charge is 0.320 e. The van der Waals surface area contributed by atoms with Crippen LogP contribution in [0.4, 0.5) is 0 Å². The fourth-order valence-electron chi connectivity index (χ4n) is 2.30. The number of rotatable bonds is 5. The summed E-state index contributed by atoms with van der Waals surface area (Å²) in [6.07, 6.45) is 5.95. The molecule has 17 heavy (non-hydrogen) atoms. The van der Waals surface area contributed by atoms with Crippen LogP contribution in [0.1, 0.15) is 24.3 Å². The van der Waals surface area contributed by atoms with Crippen molar-refractivity contribution in [2.45, 2.75) is 25.8 Å². The van der Waals surface area contributed by atoms with E-state index in [9.17, 15) is 0 Å². The topological polar surface area (TPSA) is 28.2 Å². The molecule has 1 aromatic heterocycles. The standard InChI is InChI=1S/C12H21N3S.ClH/c1-13-5-2-11-3-7-15(8-4-11)10-12-14-6-9-16-12;/h6,9,11,13H,2-5,7-8,10H2,1H3;1H. The lowest BCUT2D eigenvalue weighted by atomic mass is 9.93. The Bertz CT molecular complexity index is 284. The summed E-state index contributed by atoms with van der Waals surface area (Å²) < 4.78 is 0. The molecule has 0 aromatic carbocycles. The van der Waals surface area contributed by atoms with Gasteiger partial charge >= 0.3 is 0 Å². The van der Waals surface area contributed by atoms with Crippen molar-refractivity contribution >= 4 is 23.7 Å². The number of halogens is 1. The van der Waals surface area contributed by atoms with Gasteiger partial charge in [0.2, 0.25) is 0 Å². The quantitative estimate of drug-likeness (QED) is 0.894. The lowest BCUT2D eigenvalue weighted by molar-refractivity contribution is 0.172. The minimum absolute atomic E-state index is 0. The zero-order valence-corrected chi connectivity index (χ0v) is 12.0. The van der Waals surface area contributed by atoms with Gasteiger partial charge in [-0.15, -0.1) is 23.7 Å². The number of piperidine rings is 1. The molecule has 0 saturated carbocycles. The summed E-state index contributed by atoms with van der Waals surface area (Å²) in [4.78, 5) is 6.88. The second-order valence-electron chi connectivity index (χ2n) is 4.54. The lowest BCUT2D eigenvalue weighted by Gasteiger charge is -2.31. The van der Waals surface area contributed by atoms with E-state index in [4.69, 9.17) is 0 Å². The lowest BCUT2D eigenvalue weighted by Crippen LogP contribution is -2.34. The Morgan fingerprint density at radius 3 is 2.82 bits per heavy atom. The fourth-order valence-corrected chi connectivity index (χ4v) is 2.96. The molecule has 0 radical (unpaired) electrons.